The van der Waals surface area contributed by atoms with Gasteiger partial charge in [0.15, 0.2) is 11.5 Å². The SMILES string of the molecule is CCC(C)(CC)Oc1c(O)cc(C(C)(CC)CC)cc1O. The number of phenolic OH excluding ortho intramolecular Hbond substituents is 2. The Morgan fingerprint density at radius 2 is 1.29 bits per heavy atom. The summed E-state index contributed by atoms with van der Waals surface area (Å²) < 4.78 is 5.90. The standard InChI is InChI=1S/C18H30O3/c1-7-17(5,8-2)13-11-14(19)16(15(20)12-13)21-18(6,9-3)10-4/h11-12,19-20H,7-10H2,1-6H3. The van der Waals surface area contributed by atoms with Crippen molar-refractivity contribution in [1.29, 1.82) is 0 Å². The van der Waals surface area contributed by atoms with E-state index in [1.807, 2.05) is 20.8 Å². The van der Waals surface area contributed by atoms with Gasteiger partial charge in [-0.05, 0) is 55.7 Å². The van der Waals surface area contributed by atoms with Crippen molar-refractivity contribution in [3.05, 3.63) is 17.7 Å². The Balaban J connectivity index is 3.23. The predicted molar refractivity (Wildman–Crippen MR) is 87.3 cm³/mol. The average Bonchev–Trinajstić information content (AvgIpc) is 2.49. The van der Waals surface area contributed by atoms with Crippen molar-refractivity contribution in [2.75, 3.05) is 0 Å². The van der Waals surface area contributed by atoms with Crippen molar-refractivity contribution in [3.8, 4) is 17.2 Å². The van der Waals surface area contributed by atoms with Gasteiger partial charge in [-0.2, -0.15) is 0 Å². The van der Waals surface area contributed by atoms with Gasteiger partial charge in [0.05, 0.1) is 0 Å². The molecule has 0 aliphatic rings. The molecule has 0 aliphatic carbocycles. The zero-order valence-corrected chi connectivity index (χ0v) is 14.3. The minimum atomic E-state index is -0.380. The molecule has 0 spiro atoms. The van der Waals surface area contributed by atoms with Crippen LogP contribution in [-0.4, -0.2) is 15.8 Å². The highest BCUT2D eigenvalue weighted by molar-refractivity contribution is 5.54. The summed E-state index contributed by atoms with van der Waals surface area (Å²) in [4.78, 5) is 0. The fourth-order valence-corrected chi connectivity index (χ4v) is 2.35. The highest BCUT2D eigenvalue weighted by atomic mass is 16.5. The summed E-state index contributed by atoms with van der Waals surface area (Å²) in [6.45, 7) is 12.4. The van der Waals surface area contributed by atoms with Gasteiger partial charge in [0.2, 0.25) is 5.75 Å². The number of aromatic hydroxyl groups is 2. The summed E-state index contributed by atoms with van der Waals surface area (Å²) in [7, 11) is 0. The van der Waals surface area contributed by atoms with Crippen molar-refractivity contribution in [2.45, 2.75) is 78.2 Å². The molecule has 21 heavy (non-hydrogen) atoms. The van der Waals surface area contributed by atoms with Crippen LogP contribution in [0.1, 0.15) is 72.8 Å². The predicted octanol–water partition coefficient (Wildman–Crippen LogP) is 5.13. The van der Waals surface area contributed by atoms with E-state index in [1.54, 1.807) is 12.1 Å². The second-order valence-electron chi connectivity index (χ2n) is 6.37. The quantitative estimate of drug-likeness (QED) is 0.732. The maximum atomic E-state index is 10.3. The number of hydrogen-bond acceptors (Lipinski definition) is 3. The second-order valence-corrected chi connectivity index (χ2v) is 6.37. The summed E-state index contributed by atoms with van der Waals surface area (Å²) >= 11 is 0. The smallest absolute Gasteiger partial charge is 0.203 e. The number of benzene rings is 1. The number of hydrogen-bond donors (Lipinski definition) is 2. The molecule has 0 atom stereocenters. The van der Waals surface area contributed by atoms with E-state index in [4.69, 9.17) is 4.74 Å². The first kappa shape index (κ1) is 17.7. The highest BCUT2D eigenvalue weighted by Gasteiger charge is 2.28. The first-order chi connectivity index (χ1) is 9.75. The number of rotatable bonds is 7. The average molecular weight is 294 g/mol. The number of ether oxygens (including phenoxy) is 1. The molecule has 0 unspecified atom stereocenters. The highest BCUT2D eigenvalue weighted by Crippen LogP contribution is 2.44. The lowest BCUT2D eigenvalue weighted by atomic mass is 9.77. The monoisotopic (exact) mass is 294 g/mol. The summed E-state index contributed by atoms with van der Waals surface area (Å²) in [5.41, 5.74) is 0.520. The summed E-state index contributed by atoms with van der Waals surface area (Å²) in [5.74, 6) is 0.233. The zero-order chi connectivity index (χ0) is 16.3. The Kier molecular flexibility index (Phi) is 5.54. The van der Waals surface area contributed by atoms with Gasteiger partial charge in [0, 0.05) is 0 Å². The van der Waals surface area contributed by atoms with Gasteiger partial charge < -0.3 is 14.9 Å². The van der Waals surface area contributed by atoms with E-state index >= 15 is 0 Å². The molecule has 120 valence electrons. The molecule has 1 rings (SSSR count). The third-order valence-electron chi connectivity index (χ3n) is 5.15. The fraction of sp³-hybridized carbons (Fsp3) is 0.667. The molecule has 2 N–H and O–H groups in total. The Hall–Kier alpha value is -1.38. The van der Waals surface area contributed by atoms with Crippen LogP contribution in [-0.2, 0) is 5.41 Å². The zero-order valence-electron chi connectivity index (χ0n) is 14.3. The molecule has 0 fully saturated rings. The molecule has 0 heterocycles. The Bertz CT molecular complexity index is 448. The van der Waals surface area contributed by atoms with E-state index < -0.39 is 0 Å². The normalized spacial score (nSPS) is 12.5. The molecule has 0 bridgehead atoms. The van der Waals surface area contributed by atoms with Crippen molar-refractivity contribution < 1.29 is 14.9 Å². The van der Waals surface area contributed by atoms with Crippen LogP contribution in [0, 0.1) is 0 Å². The lowest BCUT2D eigenvalue weighted by Gasteiger charge is -2.31. The molecule has 1 aromatic carbocycles. The molecule has 0 saturated carbocycles. The topological polar surface area (TPSA) is 49.7 Å². The summed E-state index contributed by atoms with van der Waals surface area (Å²) in [6, 6.07) is 3.46. The van der Waals surface area contributed by atoms with Gasteiger partial charge in [-0.1, -0.05) is 34.6 Å². The first-order valence-corrected chi connectivity index (χ1v) is 8.00. The molecule has 3 nitrogen and oxygen atoms in total. The lowest BCUT2D eigenvalue weighted by molar-refractivity contribution is 0.0731. The molecule has 0 amide bonds. The van der Waals surface area contributed by atoms with Gasteiger partial charge in [0.1, 0.15) is 5.60 Å². The van der Waals surface area contributed by atoms with Crippen LogP contribution in [0.3, 0.4) is 0 Å². The van der Waals surface area contributed by atoms with E-state index in [2.05, 4.69) is 20.8 Å². The first-order valence-electron chi connectivity index (χ1n) is 8.00. The summed E-state index contributed by atoms with van der Waals surface area (Å²) in [6.07, 6.45) is 3.52. The third-order valence-corrected chi connectivity index (χ3v) is 5.15. The molecule has 3 heteroatoms. The van der Waals surface area contributed by atoms with Crippen molar-refractivity contribution in [1.82, 2.24) is 0 Å². The third kappa shape index (κ3) is 3.63. The van der Waals surface area contributed by atoms with E-state index in [0.717, 1.165) is 31.2 Å². The van der Waals surface area contributed by atoms with Crippen LogP contribution in [0.15, 0.2) is 12.1 Å². The van der Waals surface area contributed by atoms with E-state index in [9.17, 15) is 10.2 Å². The van der Waals surface area contributed by atoms with Gasteiger partial charge >= 0.3 is 0 Å². The van der Waals surface area contributed by atoms with Gasteiger partial charge in [-0.25, -0.2) is 0 Å². The lowest BCUT2D eigenvalue weighted by Crippen LogP contribution is -2.30. The summed E-state index contributed by atoms with van der Waals surface area (Å²) in [5, 5.41) is 20.6. The second kappa shape index (κ2) is 6.59. The number of phenols is 2. The van der Waals surface area contributed by atoms with Gasteiger partial charge in [-0.3, -0.25) is 0 Å². The van der Waals surface area contributed by atoms with Crippen molar-refractivity contribution in [2.24, 2.45) is 0 Å². The maximum absolute atomic E-state index is 10.3. The van der Waals surface area contributed by atoms with Crippen LogP contribution >= 0.6 is 0 Å². The molecule has 0 saturated heterocycles. The van der Waals surface area contributed by atoms with Crippen LogP contribution < -0.4 is 4.74 Å². The molecular weight excluding hydrogens is 264 g/mol. The van der Waals surface area contributed by atoms with E-state index in [-0.39, 0.29) is 28.3 Å². The van der Waals surface area contributed by atoms with Gasteiger partial charge in [0.25, 0.3) is 0 Å². The van der Waals surface area contributed by atoms with Crippen LogP contribution in [0.25, 0.3) is 0 Å². The fourth-order valence-electron chi connectivity index (χ4n) is 2.35. The van der Waals surface area contributed by atoms with Crippen LogP contribution in [0.4, 0.5) is 0 Å². The van der Waals surface area contributed by atoms with Crippen LogP contribution in [0.2, 0.25) is 0 Å². The maximum Gasteiger partial charge on any atom is 0.203 e. The minimum Gasteiger partial charge on any atom is -0.504 e. The van der Waals surface area contributed by atoms with Crippen molar-refractivity contribution in [3.63, 3.8) is 0 Å². The molecule has 0 radical (unpaired) electrons. The van der Waals surface area contributed by atoms with E-state index in [0.29, 0.717) is 0 Å². The molecule has 0 aromatic heterocycles. The Morgan fingerprint density at radius 3 is 1.62 bits per heavy atom. The van der Waals surface area contributed by atoms with Gasteiger partial charge in [-0.15, -0.1) is 0 Å². The van der Waals surface area contributed by atoms with Crippen LogP contribution in [0.5, 0.6) is 17.2 Å². The van der Waals surface area contributed by atoms with Crippen molar-refractivity contribution >= 4 is 0 Å². The minimum absolute atomic E-state index is 0.0197. The largest absolute Gasteiger partial charge is 0.504 e. The Morgan fingerprint density at radius 1 is 0.857 bits per heavy atom. The molecule has 1 aromatic rings. The van der Waals surface area contributed by atoms with E-state index in [1.165, 1.54) is 0 Å². The Labute approximate surface area is 129 Å². The molecular formula is C18H30O3. The molecule has 0 aliphatic heterocycles.